The summed E-state index contributed by atoms with van der Waals surface area (Å²) < 4.78 is 0. The summed E-state index contributed by atoms with van der Waals surface area (Å²) in [4.78, 5) is 21.0. The molecule has 1 aromatic rings. The number of nitrogens with one attached hydrogen (secondary N) is 2. The molecule has 0 radical (unpaired) electrons. The Balaban J connectivity index is 2.21. The molecular weight excluding hydrogens is 204 g/mol. The van der Waals surface area contributed by atoms with Gasteiger partial charge in [-0.2, -0.15) is 0 Å². The van der Waals surface area contributed by atoms with Crippen molar-refractivity contribution in [2.45, 2.75) is 25.8 Å². The number of rotatable bonds is 2. The molecule has 0 aromatic carbocycles. The Kier molecular flexibility index (Phi) is 3.24. The van der Waals surface area contributed by atoms with Crippen LogP contribution < -0.4 is 10.2 Å². The van der Waals surface area contributed by atoms with Gasteiger partial charge in [-0.05, 0) is 25.8 Å². The van der Waals surface area contributed by atoms with Crippen LogP contribution in [-0.2, 0) is 4.79 Å². The van der Waals surface area contributed by atoms with Crippen LogP contribution in [0, 0.1) is 5.92 Å². The maximum Gasteiger partial charge on any atom is 0.245 e. The van der Waals surface area contributed by atoms with E-state index in [4.69, 9.17) is 0 Å². The zero-order valence-corrected chi connectivity index (χ0v) is 9.73. The van der Waals surface area contributed by atoms with Gasteiger partial charge < -0.3 is 10.3 Å². The number of carbonyl (C=O) groups excluding carboxylic acids is 1. The van der Waals surface area contributed by atoms with Crippen LogP contribution in [0.25, 0.3) is 0 Å². The van der Waals surface area contributed by atoms with E-state index in [-0.39, 0.29) is 11.9 Å². The summed E-state index contributed by atoms with van der Waals surface area (Å²) in [6.45, 7) is 2.94. The minimum absolute atomic E-state index is 0.0887. The number of hydrogen-bond acceptors (Lipinski definition) is 3. The van der Waals surface area contributed by atoms with E-state index in [1.54, 1.807) is 17.4 Å². The first-order chi connectivity index (χ1) is 7.72. The van der Waals surface area contributed by atoms with E-state index in [0.29, 0.717) is 5.92 Å². The van der Waals surface area contributed by atoms with Crippen molar-refractivity contribution in [3.05, 3.63) is 12.5 Å². The van der Waals surface area contributed by atoms with E-state index in [2.05, 4.69) is 22.2 Å². The van der Waals surface area contributed by atoms with Crippen LogP contribution in [0.3, 0.4) is 0 Å². The molecule has 1 aromatic heterocycles. The molecule has 2 N–H and O–H groups in total. The summed E-state index contributed by atoms with van der Waals surface area (Å²) in [5.41, 5.74) is 0. The largest absolute Gasteiger partial charge is 0.349 e. The summed E-state index contributed by atoms with van der Waals surface area (Å²) >= 11 is 0. The molecule has 5 nitrogen and oxygen atoms in total. The Morgan fingerprint density at radius 3 is 3.06 bits per heavy atom. The van der Waals surface area contributed by atoms with E-state index in [9.17, 15) is 4.79 Å². The molecule has 88 valence electrons. The van der Waals surface area contributed by atoms with E-state index < -0.39 is 0 Å². The fourth-order valence-corrected chi connectivity index (χ4v) is 2.14. The Bertz CT molecular complexity index is 349. The number of aromatic nitrogens is 2. The van der Waals surface area contributed by atoms with Crippen molar-refractivity contribution in [3.8, 4) is 0 Å². The summed E-state index contributed by atoms with van der Waals surface area (Å²) in [7, 11) is 1.84. The third-order valence-electron chi connectivity index (χ3n) is 3.16. The van der Waals surface area contributed by atoms with Crippen LogP contribution >= 0.6 is 0 Å². The molecule has 0 saturated carbocycles. The van der Waals surface area contributed by atoms with Crippen LogP contribution in [0.15, 0.2) is 12.5 Å². The van der Waals surface area contributed by atoms with Crippen LogP contribution in [0.2, 0.25) is 0 Å². The molecule has 0 spiro atoms. The van der Waals surface area contributed by atoms with Gasteiger partial charge in [-0.25, -0.2) is 4.98 Å². The quantitative estimate of drug-likeness (QED) is 0.776. The highest BCUT2D eigenvalue weighted by Gasteiger charge is 2.30. The first-order valence-electron chi connectivity index (χ1n) is 5.69. The van der Waals surface area contributed by atoms with Gasteiger partial charge in [0.15, 0.2) is 5.82 Å². The Hall–Kier alpha value is -1.36. The Morgan fingerprint density at radius 1 is 1.62 bits per heavy atom. The second kappa shape index (κ2) is 4.65. The van der Waals surface area contributed by atoms with E-state index >= 15 is 0 Å². The summed E-state index contributed by atoms with van der Waals surface area (Å²) in [6.07, 6.45) is 5.29. The van der Waals surface area contributed by atoms with Gasteiger partial charge >= 0.3 is 0 Å². The van der Waals surface area contributed by atoms with Crippen molar-refractivity contribution in [2.75, 3.05) is 18.5 Å². The van der Waals surface area contributed by atoms with Gasteiger partial charge in [0.05, 0.1) is 12.4 Å². The molecule has 1 aliphatic rings. The SMILES string of the molecule is CNC1CC(C)CCN(c2c[nH]cn2)C1=O. The molecule has 0 bridgehead atoms. The molecule has 1 aliphatic heterocycles. The molecule has 5 heteroatoms. The van der Waals surface area contributed by atoms with Gasteiger partial charge in [-0.1, -0.05) is 6.92 Å². The van der Waals surface area contributed by atoms with Gasteiger partial charge in [0.1, 0.15) is 0 Å². The minimum Gasteiger partial charge on any atom is -0.349 e. The highest BCUT2D eigenvalue weighted by Crippen LogP contribution is 2.21. The lowest BCUT2D eigenvalue weighted by Crippen LogP contribution is -2.44. The summed E-state index contributed by atoms with van der Waals surface area (Å²) in [5, 5.41) is 3.09. The highest BCUT2D eigenvalue weighted by molar-refractivity contribution is 5.96. The molecule has 1 fully saturated rings. The third kappa shape index (κ3) is 2.09. The number of aromatic amines is 1. The highest BCUT2D eigenvalue weighted by atomic mass is 16.2. The van der Waals surface area contributed by atoms with E-state index in [1.165, 1.54) is 0 Å². The molecule has 2 unspecified atom stereocenters. The first-order valence-corrected chi connectivity index (χ1v) is 5.69. The molecule has 2 rings (SSSR count). The van der Waals surface area contributed by atoms with Crippen LogP contribution in [0.5, 0.6) is 0 Å². The molecule has 2 atom stereocenters. The number of likely N-dealkylation sites (N-methyl/N-ethyl adjacent to an activating group) is 1. The van der Waals surface area contributed by atoms with Gasteiger partial charge in [0.2, 0.25) is 5.91 Å². The van der Waals surface area contributed by atoms with Crippen molar-refractivity contribution in [1.82, 2.24) is 15.3 Å². The van der Waals surface area contributed by atoms with Crippen LogP contribution in [0.4, 0.5) is 5.82 Å². The monoisotopic (exact) mass is 222 g/mol. The van der Waals surface area contributed by atoms with Gasteiger partial charge in [0.25, 0.3) is 0 Å². The standard InChI is InChI=1S/C11H18N4O/c1-8-3-4-15(10-6-13-7-14-10)11(16)9(5-8)12-2/h6-9,12H,3-5H2,1-2H3,(H,13,14). The lowest BCUT2D eigenvalue weighted by atomic mass is 10.0. The lowest BCUT2D eigenvalue weighted by Gasteiger charge is -2.21. The number of hydrogen-bond donors (Lipinski definition) is 2. The number of H-pyrrole nitrogens is 1. The lowest BCUT2D eigenvalue weighted by molar-refractivity contribution is -0.120. The fraction of sp³-hybridized carbons (Fsp3) is 0.636. The van der Waals surface area contributed by atoms with Crippen molar-refractivity contribution < 1.29 is 4.79 Å². The molecule has 1 saturated heterocycles. The second-order valence-corrected chi connectivity index (χ2v) is 4.39. The third-order valence-corrected chi connectivity index (χ3v) is 3.16. The van der Waals surface area contributed by atoms with Crippen LogP contribution in [0.1, 0.15) is 19.8 Å². The summed E-state index contributed by atoms with van der Waals surface area (Å²) in [5.74, 6) is 1.41. The first kappa shape index (κ1) is 11.1. The van der Waals surface area contributed by atoms with Crippen LogP contribution in [-0.4, -0.2) is 35.5 Å². The average molecular weight is 222 g/mol. The average Bonchev–Trinajstić information content (AvgIpc) is 2.75. The molecule has 1 amide bonds. The number of anilines is 1. The number of nitrogens with zero attached hydrogens (tertiary/aromatic N) is 2. The molecular formula is C11H18N4O. The normalized spacial score (nSPS) is 26.9. The predicted molar refractivity (Wildman–Crippen MR) is 62.2 cm³/mol. The maximum absolute atomic E-state index is 12.2. The van der Waals surface area contributed by atoms with E-state index in [1.807, 2.05) is 7.05 Å². The van der Waals surface area contributed by atoms with E-state index in [0.717, 1.165) is 25.2 Å². The number of amides is 1. The van der Waals surface area contributed by atoms with Gasteiger partial charge in [-0.3, -0.25) is 9.69 Å². The van der Waals surface area contributed by atoms with Crippen molar-refractivity contribution >= 4 is 11.7 Å². The number of imidazole rings is 1. The van der Waals surface area contributed by atoms with Crippen molar-refractivity contribution in [3.63, 3.8) is 0 Å². The van der Waals surface area contributed by atoms with Crippen molar-refractivity contribution in [2.24, 2.45) is 5.92 Å². The maximum atomic E-state index is 12.2. The smallest absolute Gasteiger partial charge is 0.245 e. The zero-order chi connectivity index (χ0) is 11.5. The Morgan fingerprint density at radius 2 is 2.44 bits per heavy atom. The fourth-order valence-electron chi connectivity index (χ4n) is 2.14. The topological polar surface area (TPSA) is 61.0 Å². The van der Waals surface area contributed by atoms with Crippen molar-refractivity contribution in [1.29, 1.82) is 0 Å². The molecule has 2 heterocycles. The molecule has 0 aliphatic carbocycles. The predicted octanol–water partition coefficient (Wildman–Crippen LogP) is 0.761. The van der Waals surface area contributed by atoms with Gasteiger partial charge in [0, 0.05) is 12.7 Å². The minimum atomic E-state index is -0.0887. The number of carbonyl (C=O) groups is 1. The zero-order valence-electron chi connectivity index (χ0n) is 9.73. The Labute approximate surface area is 95.2 Å². The molecule has 16 heavy (non-hydrogen) atoms. The summed E-state index contributed by atoms with van der Waals surface area (Å²) in [6, 6.07) is -0.0887. The second-order valence-electron chi connectivity index (χ2n) is 4.39. The van der Waals surface area contributed by atoms with Gasteiger partial charge in [-0.15, -0.1) is 0 Å².